The van der Waals surface area contributed by atoms with E-state index < -0.39 is 6.10 Å². The van der Waals surface area contributed by atoms with E-state index in [2.05, 4.69) is 5.16 Å². The van der Waals surface area contributed by atoms with Crippen LogP contribution in [0.3, 0.4) is 0 Å². The van der Waals surface area contributed by atoms with Crippen molar-refractivity contribution in [1.82, 2.24) is 0 Å². The standard InChI is InChI=1S/C15H21NO3/c1-11(17)15(16-18)12-7-9-14(10-8-12)19-13-5-3-2-4-6-13/h7-11,13,17-18H,2-6H2,1H3. The summed E-state index contributed by atoms with van der Waals surface area (Å²) in [7, 11) is 0. The van der Waals surface area contributed by atoms with Gasteiger partial charge in [-0.15, -0.1) is 0 Å². The minimum atomic E-state index is -0.796. The van der Waals surface area contributed by atoms with Crippen molar-refractivity contribution in [2.45, 2.75) is 51.2 Å². The lowest BCUT2D eigenvalue weighted by molar-refractivity contribution is 0.155. The lowest BCUT2D eigenvalue weighted by Gasteiger charge is -2.23. The molecule has 19 heavy (non-hydrogen) atoms. The first-order chi connectivity index (χ1) is 9.20. The van der Waals surface area contributed by atoms with Gasteiger partial charge in [-0.2, -0.15) is 0 Å². The summed E-state index contributed by atoms with van der Waals surface area (Å²) in [5.74, 6) is 0.832. The SMILES string of the molecule is CC(O)C(=NO)c1ccc(OC2CCCCC2)cc1. The molecule has 4 nitrogen and oxygen atoms in total. The summed E-state index contributed by atoms with van der Waals surface area (Å²) in [5, 5.41) is 21.5. The first-order valence-corrected chi connectivity index (χ1v) is 6.88. The molecule has 0 amide bonds. The van der Waals surface area contributed by atoms with Crippen LogP contribution in [-0.2, 0) is 0 Å². The molecule has 0 spiro atoms. The quantitative estimate of drug-likeness (QED) is 0.499. The van der Waals surface area contributed by atoms with E-state index in [-0.39, 0.29) is 5.71 Å². The van der Waals surface area contributed by atoms with E-state index >= 15 is 0 Å². The number of benzene rings is 1. The second-order valence-electron chi connectivity index (χ2n) is 5.06. The zero-order valence-corrected chi connectivity index (χ0v) is 11.2. The molecule has 1 aliphatic carbocycles. The van der Waals surface area contributed by atoms with Crippen LogP contribution in [0.1, 0.15) is 44.6 Å². The Labute approximate surface area is 113 Å². The first-order valence-electron chi connectivity index (χ1n) is 6.88. The third kappa shape index (κ3) is 3.70. The molecule has 104 valence electrons. The van der Waals surface area contributed by atoms with E-state index in [9.17, 15) is 5.11 Å². The molecule has 0 bridgehead atoms. The van der Waals surface area contributed by atoms with Gasteiger partial charge in [0.05, 0.1) is 12.2 Å². The van der Waals surface area contributed by atoms with Gasteiger partial charge in [0.2, 0.25) is 0 Å². The Morgan fingerprint density at radius 2 is 1.84 bits per heavy atom. The number of nitrogens with zero attached hydrogens (tertiary/aromatic N) is 1. The topological polar surface area (TPSA) is 62.1 Å². The zero-order valence-electron chi connectivity index (χ0n) is 11.2. The maximum absolute atomic E-state index is 9.47. The van der Waals surface area contributed by atoms with Gasteiger partial charge in [-0.25, -0.2) is 0 Å². The highest BCUT2D eigenvalue weighted by atomic mass is 16.5. The number of oxime groups is 1. The minimum absolute atomic E-state index is 0.268. The molecule has 4 heteroatoms. The first kappa shape index (κ1) is 13.9. The van der Waals surface area contributed by atoms with Gasteiger partial charge in [-0.3, -0.25) is 0 Å². The van der Waals surface area contributed by atoms with E-state index in [1.54, 1.807) is 19.1 Å². The second-order valence-corrected chi connectivity index (χ2v) is 5.06. The molecule has 2 rings (SSSR count). The van der Waals surface area contributed by atoms with Crippen molar-refractivity contribution in [3.05, 3.63) is 29.8 Å². The number of hydrogen-bond acceptors (Lipinski definition) is 4. The summed E-state index contributed by atoms with van der Waals surface area (Å²) in [6, 6.07) is 7.33. The van der Waals surface area contributed by atoms with Crippen molar-refractivity contribution in [2.24, 2.45) is 5.16 Å². The van der Waals surface area contributed by atoms with Crippen LogP contribution in [-0.4, -0.2) is 28.2 Å². The molecule has 1 aromatic rings. The number of hydrogen-bond donors (Lipinski definition) is 2. The van der Waals surface area contributed by atoms with Crippen molar-refractivity contribution in [2.75, 3.05) is 0 Å². The van der Waals surface area contributed by atoms with Crippen LogP contribution < -0.4 is 4.74 Å². The predicted molar refractivity (Wildman–Crippen MR) is 73.9 cm³/mol. The van der Waals surface area contributed by atoms with Crippen LogP contribution in [0, 0.1) is 0 Å². The van der Waals surface area contributed by atoms with Crippen LogP contribution in [0.2, 0.25) is 0 Å². The van der Waals surface area contributed by atoms with Crippen molar-refractivity contribution in [1.29, 1.82) is 0 Å². The van der Waals surface area contributed by atoms with E-state index in [1.165, 1.54) is 19.3 Å². The van der Waals surface area contributed by atoms with Gasteiger partial charge in [-0.1, -0.05) is 11.6 Å². The van der Waals surface area contributed by atoms with Crippen LogP contribution in [0.15, 0.2) is 29.4 Å². The molecule has 0 heterocycles. The molecule has 1 aromatic carbocycles. The predicted octanol–water partition coefficient (Wildman–Crippen LogP) is 2.96. The summed E-state index contributed by atoms with van der Waals surface area (Å²) >= 11 is 0. The largest absolute Gasteiger partial charge is 0.490 e. The molecule has 0 radical (unpaired) electrons. The highest BCUT2D eigenvalue weighted by Gasteiger charge is 2.15. The maximum atomic E-state index is 9.47. The van der Waals surface area contributed by atoms with Crippen LogP contribution in [0.25, 0.3) is 0 Å². The summed E-state index contributed by atoms with van der Waals surface area (Å²) in [4.78, 5) is 0. The molecule has 0 aliphatic heterocycles. The van der Waals surface area contributed by atoms with E-state index in [1.807, 2.05) is 12.1 Å². The fourth-order valence-corrected chi connectivity index (χ4v) is 2.46. The van der Waals surface area contributed by atoms with E-state index in [0.29, 0.717) is 11.7 Å². The number of aliphatic hydroxyl groups is 1. The fraction of sp³-hybridized carbons (Fsp3) is 0.533. The van der Waals surface area contributed by atoms with Crippen LogP contribution in [0.5, 0.6) is 5.75 Å². The lowest BCUT2D eigenvalue weighted by Crippen LogP contribution is -2.20. The normalized spacial score (nSPS) is 19.2. The van der Waals surface area contributed by atoms with Gasteiger partial charge in [0.15, 0.2) is 0 Å². The average Bonchev–Trinajstić information content (AvgIpc) is 2.42. The Bertz CT molecular complexity index is 420. The Morgan fingerprint density at radius 3 is 2.37 bits per heavy atom. The molecule has 0 saturated heterocycles. The highest BCUT2D eigenvalue weighted by Crippen LogP contribution is 2.23. The molecule has 1 aliphatic rings. The second kappa shape index (κ2) is 6.57. The maximum Gasteiger partial charge on any atom is 0.119 e. The third-order valence-corrected chi connectivity index (χ3v) is 3.51. The zero-order chi connectivity index (χ0) is 13.7. The summed E-state index contributed by atoms with van der Waals surface area (Å²) in [6.45, 7) is 1.57. The Morgan fingerprint density at radius 1 is 1.21 bits per heavy atom. The molecule has 1 saturated carbocycles. The van der Waals surface area contributed by atoms with Crippen LogP contribution in [0.4, 0.5) is 0 Å². The van der Waals surface area contributed by atoms with Gasteiger partial charge in [0.25, 0.3) is 0 Å². The van der Waals surface area contributed by atoms with Crippen molar-refractivity contribution >= 4 is 5.71 Å². The summed E-state index contributed by atoms with van der Waals surface area (Å²) in [5.41, 5.74) is 0.970. The molecule has 1 unspecified atom stereocenters. The highest BCUT2D eigenvalue weighted by molar-refractivity contribution is 6.03. The smallest absolute Gasteiger partial charge is 0.119 e. The third-order valence-electron chi connectivity index (χ3n) is 3.51. The summed E-state index contributed by atoms with van der Waals surface area (Å²) in [6.07, 6.45) is 5.57. The van der Waals surface area contributed by atoms with Gasteiger partial charge >= 0.3 is 0 Å². The molecule has 1 atom stereocenters. The molecule has 0 aromatic heterocycles. The number of ether oxygens (including phenoxy) is 1. The molecule has 1 fully saturated rings. The Hall–Kier alpha value is -1.55. The Balaban J connectivity index is 2.01. The Kier molecular flexibility index (Phi) is 4.80. The van der Waals surface area contributed by atoms with Crippen molar-refractivity contribution in [3.63, 3.8) is 0 Å². The van der Waals surface area contributed by atoms with Gasteiger partial charge in [-0.05, 0) is 56.9 Å². The lowest BCUT2D eigenvalue weighted by atomic mass is 9.98. The summed E-state index contributed by atoms with van der Waals surface area (Å²) < 4.78 is 5.92. The van der Waals surface area contributed by atoms with Crippen LogP contribution >= 0.6 is 0 Å². The average molecular weight is 263 g/mol. The van der Waals surface area contributed by atoms with E-state index in [0.717, 1.165) is 18.6 Å². The van der Waals surface area contributed by atoms with Crippen molar-refractivity contribution < 1.29 is 15.1 Å². The monoisotopic (exact) mass is 263 g/mol. The van der Waals surface area contributed by atoms with Gasteiger partial charge in [0, 0.05) is 5.56 Å². The van der Waals surface area contributed by atoms with Crippen molar-refractivity contribution in [3.8, 4) is 5.75 Å². The van der Waals surface area contributed by atoms with Gasteiger partial charge in [0.1, 0.15) is 11.5 Å². The molecular weight excluding hydrogens is 242 g/mol. The number of aliphatic hydroxyl groups excluding tert-OH is 1. The number of rotatable bonds is 4. The molecular formula is C15H21NO3. The molecule has 2 N–H and O–H groups in total. The van der Waals surface area contributed by atoms with E-state index in [4.69, 9.17) is 9.94 Å². The van der Waals surface area contributed by atoms with Gasteiger partial charge < -0.3 is 15.1 Å². The fourth-order valence-electron chi connectivity index (χ4n) is 2.46. The minimum Gasteiger partial charge on any atom is -0.490 e.